The summed E-state index contributed by atoms with van der Waals surface area (Å²) in [5.74, 6) is -3.02. The fraction of sp³-hybridized carbons (Fsp3) is 0. The standard InChI is InChI=1S/C4N2O4.BH3O3/c5-1-9-3(7)4(8)10-2-6;2-1(3)4/h;2-4H. The lowest BCUT2D eigenvalue weighted by Gasteiger charge is -1.86. The number of hydrogen-bond acceptors (Lipinski definition) is 9. The summed E-state index contributed by atoms with van der Waals surface area (Å²) in [7, 11) is -2.17. The van der Waals surface area contributed by atoms with Gasteiger partial charge in [0.2, 0.25) is 0 Å². The molecule has 0 rings (SSSR count). The Morgan fingerprint density at radius 3 is 1.36 bits per heavy atom. The SMILES string of the molecule is N#COC(=O)C(=O)OC#N.OB(O)O. The van der Waals surface area contributed by atoms with Crippen molar-refractivity contribution in [1.29, 1.82) is 10.5 Å². The zero-order valence-electron chi connectivity index (χ0n) is 6.45. The van der Waals surface area contributed by atoms with E-state index in [1.54, 1.807) is 0 Å². The van der Waals surface area contributed by atoms with Gasteiger partial charge in [-0.2, -0.15) is 0 Å². The van der Waals surface area contributed by atoms with Gasteiger partial charge in [0.05, 0.1) is 0 Å². The van der Waals surface area contributed by atoms with Crippen molar-refractivity contribution >= 4 is 19.3 Å². The van der Waals surface area contributed by atoms with Crippen LogP contribution in [0.25, 0.3) is 0 Å². The maximum Gasteiger partial charge on any atom is 0.631 e. The summed E-state index contributed by atoms with van der Waals surface area (Å²) in [6.45, 7) is 0. The lowest BCUT2D eigenvalue weighted by Crippen LogP contribution is -2.16. The summed E-state index contributed by atoms with van der Waals surface area (Å²) >= 11 is 0. The fourth-order valence-corrected chi connectivity index (χ4v) is 0.166. The maximum absolute atomic E-state index is 10.1. The number of carbonyl (C=O) groups excluding carboxylic acids is 2. The van der Waals surface area contributed by atoms with Crippen LogP contribution in [0.4, 0.5) is 0 Å². The van der Waals surface area contributed by atoms with Crippen LogP contribution in [0.2, 0.25) is 0 Å². The molecule has 0 amide bonds. The Kier molecular flexibility index (Phi) is 9.21. The molecule has 0 atom stereocenters. The van der Waals surface area contributed by atoms with E-state index >= 15 is 0 Å². The molecular weight excluding hydrogens is 199 g/mol. The highest BCUT2D eigenvalue weighted by molar-refractivity contribution is 6.30. The molecule has 14 heavy (non-hydrogen) atoms. The largest absolute Gasteiger partial charge is 0.631 e. The number of nitriles is 2. The van der Waals surface area contributed by atoms with Gasteiger partial charge in [-0.15, -0.1) is 10.5 Å². The summed E-state index contributed by atoms with van der Waals surface area (Å²) in [6, 6.07) is 0. The monoisotopic (exact) mass is 202 g/mol. The fourth-order valence-electron chi connectivity index (χ4n) is 0.166. The zero-order chi connectivity index (χ0) is 11.6. The summed E-state index contributed by atoms with van der Waals surface area (Å²) in [6.07, 6.45) is 1.89. The van der Waals surface area contributed by atoms with E-state index in [0.29, 0.717) is 0 Å². The molecular formula is C4H3BN2O7. The molecule has 0 fully saturated rings. The number of rotatable bonds is 0. The van der Waals surface area contributed by atoms with Crippen LogP contribution in [-0.4, -0.2) is 34.3 Å². The molecule has 0 aliphatic heterocycles. The first kappa shape index (κ1) is 14.4. The van der Waals surface area contributed by atoms with Gasteiger partial charge in [0.25, 0.3) is 12.5 Å². The Morgan fingerprint density at radius 2 is 1.21 bits per heavy atom. The van der Waals surface area contributed by atoms with Crippen LogP contribution >= 0.6 is 0 Å². The Labute approximate surface area is 77.5 Å². The molecule has 0 aliphatic carbocycles. The molecule has 74 valence electrons. The molecule has 0 aromatic heterocycles. The van der Waals surface area contributed by atoms with Crippen molar-refractivity contribution in [2.24, 2.45) is 0 Å². The quantitative estimate of drug-likeness (QED) is 0.160. The third kappa shape index (κ3) is 12.5. The highest BCUT2D eigenvalue weighted by atomic mass is 16.6. The van der Waals surface area contributed by atoms with E-state index in [9.17, 15) is 9.59 Å². The minimum atomic E-state index is -2.17. The topological polar surface area (TPSA) is 161 Å². The van der Waals surface area contributed by atoms with Gasteiger partial charge in [-0.05, 0) is 0 Å². The van der Waals surface area contributed by atoms with Crippen molar-refractivity contribution in [3.63, 3.8) is 0 Å². The van der Waals surface area contributed by atoms with Gasteiger partial charge < -0.3 is 24.5 Å². The summed E-state index contributed by atoms with van der Waals surface area (Å²) < 4.78 is 6.99. The average molecular weight is 202 g/mol. The Balaban J connectivity index is 0. The van der Waals surface area contributed by atoms with Crippen LogP contribution < -0.4 is 0 Å². The summed E-state index contributed by atoms with van der Waals surface area (Å²) in [5, 5.41) is 36.8. The van der Waals surface area contributed by atoms with E-state index in [0.717, 1.165) is 12.5 Å². The molecule has 0 aliphatic rings. The van der Waals surface area contributed by atoms with Crippen LogP contribution in [0.3, 0.4) is 0 Å². The molecule has 0 aromatic rings. The molecule has 0 saturated carbocycles. The molecule has 9 nitrogen and oxygen atoms in total. The van der Waals surface area contributed by atoms with Gasteiger partial charge in [0.1, 0.15) is 0 Å². The van der Waals surface area contributed by atoms with Crippen LogP contribution in [-0.2, 0) is 19.1 Å². The second-order valence-corrected chi connectivity index (χ2v) is 1.31. The van der Waals surface area contributed by atoms with E-state index < -0.39 is 19.3 Å². The highest BCUT2D eigenvalue weighted by Gasteiger charge is 2.17. The van der Waals surface area contributed by atoms with Crippen molar-refractivity contribution in [3.05, 3.63) is 0 Å². The summed E-state index contributed by atoms with van der Waals surface area (Å²) in [5.41, 5.74) is 0. The molecule has 0 saturated heterocycles. The van der Waals surface area contributed by atoms with Gasteiger partial charge in [-0.1, -0.05) is 0 Å². The van der Waals surface area contributed by atoms with E-state index in [2.05, 4.69) is 9.47 Å². The lowest BCUT2D eigenvalue weighted by molar-refractivity contribution is -0.159. The predicted molar refractivity (Wildman–Crippen MR) is 35.8 cm³/mol. The van der Waals surface area contributed by atoms with Crippen LogP contribution in [0.5, 0.6) is 0 Å². The van der Waals surface area contributed by atoms with Gasteiger partial charge in [-0.25, -0.2) is 9.59 Å². The minimum absolute atomic E-state index is 0.947. The first-order valence-electron chi connectivity index (χ1n) is 2.70. The number of carbonyl (C=O) groups is 2. The second-order valence-electron chi connectivity index (χ2n) is 1.31. The lowest BCUT2D eigenvalue weighted by atomic mass is 10.3. The van der Waals surface area contributed by atoms with Crippen molar-refractivity contribution in [2.75, 3.05) is 0 Å². The first-order valence-corrected chi connectivity index (χ1v) is 2.70. The minimum Gasteiger partial charge on any atom is -0.402 e. The zero-order valence-corrected chi connectivity index (χ0v) is 6.45. The molecule has 10 heteroatoms. The normalized spacial score (nSPS) is 6.64. The molecule has 3 N–H and O–H groups in total. The van der Waals surface area contributed by atoms with Crippen LogP contribution in [0.15, 0.2) is 0 Å². The number of nitrogens with zero attached hydrogens (tertiary/aromatic N) is 2. The van der Waals surface area contributed by atoms with Gasteiger partial charge in [-0.3, -0.25) is 0 Å². The number of ether oxygens (including phenoxy) is 2. The smallest absolute Gasteiger partial charge is 0.402 e. The van der Waals surface area contributed by atoms with Crippen LogP contribution in [0, 0.1) is 23.0 Å². The molecule has 0 radical (unpaired) electrons. The third-order valence-corrected chi connectivity index (χ3v) is 0.443. The van der Waals surface area contributed by atoms with Gasteiger partial charge >= 0.3 is 19.3 Å². The summed E-state index contributed by atoms with van der Waals surface area (Å²) in [4.78, 5) is 20.1. The molecule has 0 aromatic carbocycles. The van der Waals surface area contributed by atoms with Gasteiger partial charge in [0, 0.05) is 0 Å². The number of hydrogen-bond donors (Lipinski definition) is 3. The Morgan fingerprint density at radius 1 is 1.00 bits per heavy atom. The van der Waals surface area contributed by atoms with E-state index in [1.807, 2.05) is 0 Å². The number of esters is 2. The molecule has 0 unspecified atom stereocenters. The second kappa shape index (κ2) is 8.96. The third-order valence-electron chi connectivity index (χ3n) is 0.443. The molecule has 0 bridgehead atoms. The van der Waals surface area contributed by atoms with Crippen molar-refractivity contribution in [3.8, 4) is 12.5 Å². The van der Waals surface area contributed by atoms with Gasteiger partial charge in [0.15, 0.2) is 0 Å². The average Bonchev–Trinajstić information content (AvgIpc) is 2.04. The Bertz CT molecular complexity index is 248. The van der Waals surface area contributed by atoms with Crippen molar-refractivity contribution in [1.82, 2.24) is 0 Å². The van der Waals surface area contributed by atoms with E-state index in [4.69, 9.17) is 25.6 Å². The van der Waals surface area contributed by atoms with Crippen molar-refractivity contribution in [2.45, 2.75) is 0 Å². The molecule has 0 heterocycles. The van der Waals surface area contributed by atoms with Crippen LogP contribution in [0.1, 0.15) is 0 Å². The highest BCUT2D eigenvalue weighted by Crippen LogP contribution is 1.79. The van der Waals surface area contributed by atoms with E-state index in [-0.39, 0.29) is 0 Å². The Hall–Kier alpha value is -2.14. The van der Waals surface area contributed by atoms with Crippen molar-refractivity contribution < 1.29 is 34.1 Å². The maximum atomic E-state index is 10.1. The van der Waals surface area contributed by atoms with E-state index in [1.165, 1.54) is 0 Å². The first-order chi connectivity index (χ1) is 6.45. The predicted octanol–water partition coefficient (Wildman–Crippen LogP) is -3.02. The molecule has 0 spiro atoms.